The fourth-order valence-electron chi connectivity index (χ4n) is 6.88. The zero-order chi connectivity index (χ0) is 28.1. The average molecular weight is 533 g/mol. The van der Waals surface area contributed by atoms with E-state index in [-0.39, 0.29) is 39.7 Å². The summed E-state index contributed by atoms with van der Waals surface area (Å²) in [6.45, 7) is 8.02. The van der Waals surface area contributed by atoms with Gasteiger partial charge >= 0.3 is 0 Å². The molecule has 0 unspecified atom stereocenters. The van der Waals surface area contributed by atoms with Crippen molar-refractivity contribution in [1.29, 1.82) is 0 Å². The number of rotatable bonds is 3. The Balaban J connectivity index is 1.48. The summed E-state index contributed by atoms with van der Waals surface area (Å²) in [4.78, 5) is 28.1. The number of aliphatic hydroxyl groups excluding tert-OH is 1. The minimum Gasteiger partial charge on any atom is -0.507 e. The Bertz CT molecular complexity index is 1810. The van der Waals surface area contributed by atoms with Crippen molar-refractivity contribution in [3.63, 3.8) is 0 Å². The fraction of sp³-hybridized carbons (Fsp3) is 0.273. The molecule has 0 bridgehead atoms. The van der Waals surface area contributed by atoms with Crippen LogP contribution < -0.4 is 11.1 Å². The first-order valence-electron chi connectivity index (χ1n) is 13.4. The van der Waals surface area contributed by atoms with Gasteiger partial charge in [0.25, 0.3) is 0 Å². The van der Waals surface area contributed by atoms with Gasteiger partial charge in [-0.3, -0.25) is 9.59 Å². The number of allylic oxidation sites excluding steroid dienone is 2. The highest BCUT2D eigenvalue weighted by molar-refractivity contribution is 6.32. The number of carbonyl (C=O) groups excluding carboxylic acids is 2. The summed E-state index contributed by atoms with van der Waals surface area (Å²) >= 11 is 0. The van der Waals surface area contributed by atoms with Crippen LogP contribution in [0.3, 0.4) is 0 Å². The number of carbonyl (C=O) groups is 2. The Morgan fingerprint density at radius 1 is 1.18 bits per heavy atom. The van der Waals surface area contributed by atoms with Crippen LogP contribution in [0.5, 0.6) is 5.75 Å². The predicted octanol–water partition coefficient (Wildman–Crippen LogP) is 4.07. The first kappa shape index (κ1) is 24.8. The normalized spacial score (nSPS) is 28.1. The zero-order valence-electron chi connectivity index (χ0n) is 22.2. The number of ketones is 2. The maximum Gasteiger partial charge on any atom is 0.198 e. The summed E-state index contributed by atoms with van der Waals surface area (Å²) in [7, 11) is 0. The number of nitrogens with one attached hydrogen (secondary N) is 1. The van der Waals surface area contributed by atoms with E-state index in [1.165, 1.54) is 6.07 Å². The molecule has 3 aromatic carbocycles. The van der Waals surface area contributed by atoms with Gasteiger partial charge in [-0.15, -0.1) is 0 Å². The zero-order valence-corrected chi connectivity index (χ0v) is 22.2. The summed E-state index contributed by atoms with van der Waals surface area (Å²) in [5.41, 5.74) is 7.03. The van der Waals surface area contributed by atoms with Crippen LogP contribution in [-0.2, 0) is 16.9 Å². The standard InChI is InChI=1S/C33H28N2O5/c1-4-5-6-7-26-32(17(3)36)33(40-32,23-10-16(23)2)24-14-25(37)27-28(29(24)35-26)31(39)21-12-19-9-8-18(15-34)11-20(19)13-22(21)30(27)38/h4-5,8-9,11-14,17,23,26,35-37H,2,10,15,34H2,1,3H3/b5-4-/t17-,23-,26+,32+,33-/m1/s1. The molecule has 2 fully saturated rings. The number of anilines is 1. The van der Waals surface area contributed by atoms with Gasteiger partial charge in [-0.05, 0) is 66.9 Å². The monoisotopic (exact) mass is 532 g/mol. The number of aromatic hydroxyl groups is 1. The van der Waals surface area contributed by atoms with Gasteiger partial charge < -0.3 is 26.0 Å². The van der Waals surface area contributed by atoms with Crippen LogP contribution in [0.4, 0.5) is 5.69 Å². The van der Waals surface area contributed by atoms with Crippen LogP contribution in [-0.4, -0.2) is 39.5 Å². The van der Waals surface area contributed by atoms with Crippen LogP contribution in [0.1, 0.15) is 63.2 Å². The van der Waals surface area contributed by atoms with E-state index < -0.39 is 29.1 Å². The smallest absolute Gasteiger partial charge is 0.198 e. The van der Waals surface area contributed by atoms with Crippen molar-refractivity contribution in [3.8, 4) is 17.6 Å². The number of nitrogens with two attached hydrogens (primary N) is 1. The van der Waals surface area contributed by atoms with Crippen molar-refractivity contribution < 1.29 is 24.5 Å². The number of epoxide rings is 1. The molecule has 1 saturated heterocycles. The molecule has 0 amide bonds. The lowest BCUT2D eigenvalue weighted by Crippen LogP contribution is -2.52. The lowest BCUT2D eigenvalue weighted by Gasteiger charge is -2.37. The number of fused-ring (bicyclic) bond motifs is 7. The summed E-state index contributed by atoms with van der Waals surface area (Å²) in [5.74, 6) is 4.95. The van der Waals surface area contributed by atoms with Gasteiger partial charge in [-0.1, -0.05) is 42.2 Å². The molecule has 5 N–H and O–H groups in total. The van der Waals surface area contributed by atoms with Gasteiger partial charge in [0.1, 0.15) is 17.4 Å². The molecule has 1 saturated carbocycles. The van der Waals surface area contributed by atoms with Gasteiger partial charge in [0.15, 0.2) is 17.2 Å². The molecule has 3 aromatic rings. The maximum atomic E-state index is 14.2. The third-order valence-electron chi connectivity index (χ3n) is 8.90. The lowest BCUT2D eigenvalue weighted by molar-refractivity contribution is 0.0868. The van der Waals surface area contributed by atoms with Gasteiger partial charge in [-0.2, -0.15) is 0 Å². The second-order valence-corrected chi connectivity index (χ2v) is 11.1. The van der Waals surface area contributed by atoms with E-state index in [1.807, 2.05) is 31.2 Å². The van der Waals surface area contributed by atoms with E-state index in [4.69, 9.17) is 10.5 Å². The second kappa shape index (κ2) is 8.15. The van der Waals surface area contributed by atoms with Crippen molar-refractivity contribution in [1.82, 2.24) is 0 Å². The van der Waals surface area contributed by atoms with E-state index >= 15 is 0 Å². The molecule has 0 spiro atoms. The van der Waals surface area contributed by atoms with Crippen molar-refractivity contribution in [3.05, 3.63) is 94.1 Å². The summed E-state index contributed by atoms with van der Waals surface area (Å²) in [6.07, 6.45) is 3.27. The molecule has 7 heteroatoms. The number of hydrogen-bond donors (Lipinski definition) is 4. The first-order valence-corrected chi connectivity index (χ1v) is 13.4. The van der Waals surface area contributed by atoms with Crippen molar-refractivity contribution >= 4 is 28.0 Å². The van der Waals surface area contributed by atoms with Crippen LogP contribution in [0, 0.1) is 17.8 Å². The Hall–Kier alpha value is -4.22. The SMILES string of the molecule is C=C1C[C@H]1[C@]12O[C@@]1([C@@H](C)O)[C@H](C#C/C=C\C)Nc1c2cc(O)c2c1C(=O)c1cc3ccc(CN)cc3cc1C2=O. The Morgan fingerprint density at radius 3 is 2.52 bits per heavy atom. The molecule has 2 aliphatic carbocycles. The fourth-order valence-corrected chi connectivity index (χ4v) is 6.88. The van der Waals surface area contributed by atoms with Crippen LogP contribution in [0.2, 0.25) is 0 Å². The molecule has 200 valence electrons. The highest BCUT2D eigenvalue weighted by Crippen LogP contribution is 2.74. The van der Waals surface area contributed by atoms with Gasteiger partial charge in [0.05, 0.1) is 22.9 Å². The quantitative estimate of drug-likeness (QED) is 0.136. The minimum atomic E-state index is -1.12. The molecule has 40 heavy (non-hydrogen) atoms. The molecule has 2 aliphatic heterocycles. The summed E-state index contributed by atoms with van der Waals surface area (Å²) in [5, 5.41) is 27.3. The van der Waals surface area contributed by atoms with Crippen molar-refractivity contribution in [2.45, 2.75) is 50.2 Å². The van der Waals surface area contributed by atoms with Gasteiger partial charge in [0.2, 0.25) is 0 Å². The van der Waals surface area contributed by atoms with Crippen molar-refractivity contribution in [2.24, 2.45) is 11.7 Å². The summed E-state index contributed by atoms with van der Waals surface area (Å²) in [6, 6.07) is 9.93. The molecule has 7 nitrogen and oxygen atoms in total. The van der Waals surface area contributed by atoms with Crippen LogP contribution in [0.25, 0.3) is 10.8 Å². The number of hydrogen-bond acceptors (Lipinski definition) is 7. The van der Waals surface area contributed by atoms with Crippen LogP contribution >= 0.6 is 0 Å². The van der Waals surface area contributed by atoms with Crippen molar-refractivity contribution in [2.75, 3.05) is 5.32 Å². The second-order valence-electron chi connectivity index (χ2n) is 11.1. The number of phenols is 1. The summed E-state index contributed by atoms with van der Waals surface area (Å²) < 4.78 is 6.52. The van der Waals surface area contributed by atoms with E-state index in [0.29, 0.717) is 24.2 Å². The highest BCUT2D eigenvalue weighted by atomic mass is 16.6. The van der Waals surface area contributed by atoms with Crippen LogP contribution in [0.15, 0.2) is 60.7 Å². The number of benzene rings is 3. The largest absolute Gasteiger partial charge is 0.507 e. The first-order chi connectivity index (χ1) is 19.2. The molecule has 5 atom stereocenters. The third kappa shape index (κ3) is 2.96. The minimum absolute atomic E-state index is 0.0480. The third-order valence-corrected chi connectivity index (χ3v) is 8.90. The van der Waals surface area contributed by atoms with E-state index in [1.54, 1.807) is 25.1 Å². The van der Waals surface area contributed by atoms with E-state index in [0.717, 1.165) is 21.9 Å². The Labute approximate surface area is 231 Å². The molecule has 0 aromatic heterocycles. The van der Waals surface area contributed by atoms with Gasteiger partial charge in [0, 0.05) is 29.2 Å². The predicted molar refractivity (Wildman–Crippen MR) is 151 cm³/mol. The molecule has 0 radical (unpaired) electrons. The molecule has 4 aliphatic rings. The lowest BCUT2D eigenvalue weighted by atomic mass is 9.69. The average Bonchev–Trinajstić information content (AvgIpc) is 3.85. The molecule has 2 heterocycles. The number of ether oxygens (including phenoxy) is 1. The topological polar surface area (TPSA) is 125 Å². The highest BCUT2D eigenvalue weighted by Gasteiger charge is 2.83. The molecule has 7 rings (SSSR count). The Kier molecular flexibility index (Phi) is 5.05. The molecular formula is C33H28N2O5. The van der Waals surface area contributed by atoms with E-state index in [9.17, 15) is 19.8 Å². The van der Waals surface area contributed by atoms with Gasteiger partial charge in [-0.25, -0.2) is 0 Å². The number of aliphatic hydroxyl groups is 1. The number of phenolic OH excluding ortho intramolecular Hbond substituents is 1. The maximum absolute atomic E-state index is 14.2. The molecular weight excluding hydrogens is 504 g/mol. The van der Waals surface area contributed by atoms with E-state index in [2.05, 4.69) is 23.7 Å². The Morgan fingerprint density at radius 2 is 1.88 bits per heavy atom.